The minimum absolute atomic E-state index is 0.334. The minimum Gasteiger partial charge on any atom is -0.349 e. The smallest absolute Gasteiger partial charge is 0.183 e. The van der Waals surface area contributed by atoms with Crippen LogP contribution in [0.15, 0.2) is 24.5 Å². The molecule has 0 spiro atoms. The molecule has 1 aromatic heterocycles. The van der Waals surface area contributed by atoms with E-state index in [1.807, 2.05) is 11.0 Å². The van der Waals surface area contributed by atoms with E-state index in [0.717, 1.165) is 24.1 Å². The highest BCUT2D eigenvalue weighted by molar-refractivity contribution is 6.35. The third-order valence-electron chi connectivity index (χ3n) is 3.34. The zero-order valence-electron chi connectivity index (χ0n) is 10.5. The maximum absolute atomic E-state index is 9.11. The number of nitriles is 1. The summed E-state index contributed by atoms with van der Waals surface area (Å²) in [5.41, 5.74) is 2.53. The number of hydrogen-bond donors (Lipinski definition) is 0. The molecule has 4 nitrogen and oxygen atoms in total. The molecule has 6 heteroatoms. The lowest BCUT2D eigenvalue weighted by Gasteiger charge is -2.30. The van der Waals surface area contributed by atoms with Crippen molar-refractivity contribution in [2.75, 3.05) is 11.4 Å². The molecule has 1 aliphatic heterocycles. The first kappa shape index (κ1) is 13.2. The van der Waals surface area contributed by atoms with Crippen molar-refractivity contribution in [3.8, 4) is 6.07 Å². The number of rotatable bonds is 1. The van der Waals surface area contributed by atoms with E-state index in [-0.39, 0.29) is 0 Å². The van der Waals surface area contributed by atoms with Gasteiger partial charge in [-0.15, -0.1) is 0 Å². The Bertz CT molecular complexity index is 709. The van der Waals surface area contributed by atoms with Crippen LogP contribution in [0.3, 0.4) is 0 Å². The Kier molecular flexibility index (Phi) is 3.47. The van der Waals surface area contributed by atoms with Gasteiger partial charge in [0, 0.05) is 35.5 Å². The first-order valence-corrected chi connectivity index (χ1v) is 6.87. The Morgan fingerprint density at radius 3 is 2.80 bits per heavy atom. The van der Waals surface area contributed by atoms with Gasteiger partial charge in [0.2, 0.25) is 0 Å². The number of hydrogen-bond acceptors (Lipinski definition) is 4. The number of fused-ring (bicyclic) bond motifs is 1. The van der Waals surface area contributed by atoms with Gasteiger partial charge in [-0.1, -0.05) is 23.2 Å². The summed E-state index contributed by atoms with van der Waals surface area (Å²) in [5, 5.41) is 10.4. The second-order valence-electron chi connectivity index (χ2n) is 4.54. The predicted octanol–water partition coefficient (Wildman–Crippen LogP) is 3.22. The van der Waals surface area contributed by atoms with Crippen LogP contribution in [0.25, 0.3) is 0 Å². The van der Waals surface area contributed by atoms with Crippen molar-refractivity contribution in [1.29, 1.82) is 5.26 Å². The molecule has 100 valence electrons. The molecular formula is C14H10Cl2N4. The summed E-state index contributed by atoms with van der Waals surface area (Å²) in [7, 11) is 0. The largest absolute Gasteiger partial charge is 0.349 e. The highest BCUT2D eigenvalue weighted by Gasteiger charge is 2.22. The van der Waals surface area contributed by atoms with Crippen LogP contribution in [-0.2, 0) is 13.0 Å². The van der Waals surface area contributed by atoms with Crippen molar-refractivity contribution in [2.45, 2.75) is 13.0 Å². The summed E-state index contributed by atoms with van der Waals surface area (Å²) in [6.45, 7) is 1.37. The quantitative estimate of drug-likeness (QED) is 0.812. The molecule has 20 heavy (non-hydrogen) atoms. The highest BCUT2D eigenvalue weighted by Crippen LogP contribution is 2.31. The summed E-state index contributed by atoms with van der Waals surface area (Å²) >= 11 is 12.3. The fourth-order valence-electron chi connectivity index (χ4n) is 2.40. The molecule has 0 N–H and O–H groups in total. The Balaban J connectivity index is 1.99. The van der Waals surface area contributed by atoms with Gasteiger partial charge in [-0.05, 0) is 29.7 Å². The maximum Gasteiger partial charge on any atom is 0.183 e. The molecule has 0 bridgehead atoms. The van der Waals surface area contributed by atoms with Crippen LogP contribution in [-0.4, -0.2) is 16.5 Å². The van der Waals surface area contributed by atoms with Crippen molar-refractivity contribution in [2.24, 2.45) is 0 Å². The Morgan fingerprint density at radius 2 is 2.00 bits per heavy atom. The third-order valence-corrected chi connectivity index (χ3v) is 3.89. The topological polar surface area (TPSA) is 52.8 Å². The summed E-state index contributed by atoms with van der Waals surface area (Å²) < 4.78 is 0. The standard InChI is InChI=1S/C14H10Cl2N4/c15-10-5-9-1-4-20(8-11(9)12(16)6-10)14-13(7-17)18-2-3-19-14/h2-3,5-6H,1,4,8H2. The van der Waals surface area contributed by atoms with Crippen LogP contribution < -0.4 is 4.90 Å². The summed E-state index contributed by atoms with van der Waals surface area (Å²) in [6, 6.07) is 5.76. The number of aromatic nitrogens is 2. The number of nitrogens with zero attached hydrogens (tertiary/aromatic N) is 4. The molecule has 1 aromatic carbocycles. The molecule has 3 rings (SSSR count). The summed E-state index contributed by atoms with van der Waals surface area (Å²) in [5.74, 6) is 0.603. The molecule has 0 saturated carbocycles. The molecule has 0 atom stereocenters. The van der Waals surface area contributed by atoms with Crippen molar-refractivity contribution < 1.29 is 0 Å². The van der Waals surface area contributed by atoms with E-state index in [9.17, 15) is 0 Å². The van der Waals surface area contributed by atoms with Crippen LogP contribution >= 0.6 is 23.2 Å². The number of anilines is 1. The average Bonchev–Trinajstić information content (AvgIpc) is 2.47. The SMILES string of the molecule is N#Cc1nccnc1N1CCc2cc(Cl)cc(Cl)c2C1. The Hall–Kier alpha value is -1.83. The molecule has 0 amide bonds. The average molecular weight is 305 g/mol. The lowest BCUT2D eigenvalue weighted by molar-refractivity contribution is 0.717. The van der Waals surface area contributed by atoms with Crippen LogP contribution in [0, 0.1) is 11.3 Å². The van der Waals surface area contributed by atoms with Gasteiger partial charge < -0.3 is 4.90 Å². The Morgan fingerprint density at radius 1 is 1.20 bits per heavy atom. The van der Waals surface area contributed by atoms with E-state index < -0.39 is 0 Å². The zero-order valence-corrected chi connectivity index (χ0v) is 12.0. The molecular weight excluding hydrogens is 295 g/mol. The normalized spacial score (nSPS) is 13.8. The van der Waals surface area contributed by atoms with Crippen LogP contribution in [0.2, 0.25) is 10.0 Å². The molecule has 0 unspecified atom stereocenters. The van der Waals surface area contributed by atoms with Crippen molar-refractivity contribution in [1.82, 2.24) is 9.97 Å². The molecule has 1 aliphatic rings. The monoisotopic (exact) mass is 304 g/mol. The van der Waals surface area contributed by atoms with Crippen molar-refractivity contribution in [3.63, 3.8) is 0 Å². The molecule has 0 fully saturated rings. The molecule has 0 saturated heterocycles. The van der Waals surface area contributed by atoms with E-state index in [0.29, 0.717) is 28.1 Å². The van der Waals surface area contributed by atoms with E-state index in [2.05, 4.69) is 16.0 Å². The van der Waals surface area contributed by atoms with E-state index in [4.69, 9.17) is 28.5 Å². The second kappa shape index (κ2) is 5.28. The summed E-state index contributed by atoms with van der Waals surface area (Å²) in [4.78, 5) is 10.3. The van der Waals surface area contributed by atoms with E-state index in [1.165, 1.54) is 6.20 Å². The minimum atomic E-state index is 0.334. The van der Waals surface area contributed by atoms with Crippen molar-refractivity contribution in [3.05, 3.63) is 51.4 Å². The van der Waals surface area contributed by atoms with Gasteiger partial charge in [0.05, 0.1) is 0 Å². The number of benzene rings is 1. The third kappa shape index (κ3) is 2.31. The fourth-order valence-corrected chi connectivity index (χ4v) is 3.00. The maximum atomic E-state index is 9.11. The van der Waals surface area contributed by atoms with Crippen molar-refractivity contribution >= 4 is 29.0 Å². The predicted molar refractivity (Wildman–Crippen MR) is 78.0 cm³/mol. The number of halogens is 2. The first-order chi connectivity index (χ1) is 9.69. The van der Waals surface area contributed by atoms with Gasteiger partial charge in [0.15, 0.2) is 11.5 Å². The van der Waals surface area contributed by atoms with Gasteiger partial charge in [0.25, 0.3) is 0 Å². The Labute approximate surface area is 126 Å². The molecule has 0 aliphatic carbocycles. The van der Waals surface area contributed by atoms with Gasteiger partial charge in [-0.25, -0.2) is 9.97 Å². The van der Waals surface area contributed by atoms with Gasteiger partial charge in [0.1, 0.15) is 6.07 Å². The van der Waals surface area contributed by atoms with Crippen LogP contribution in [0.4, 0.5) is 5.82 Å². The fraction of sp³-hybridized carbons (Fsp3) is 0.214. The lowest BCUT2D eigenvalue weighted by atomic mass is 9.99. The van der Waals surface area contributed by atoms with Gasteiger partial charge in [-0.3, -0.25) is 0 Å². The molecule has 2 aromatic rings. The second-order valence-corrected chi connectivity index (χ2v) is 5.38. The van der Waals surface area contributed by atoms with Gasteiger partial charge in [-0.2, -0.15) is 5.26 Å². The van der Waals surface area contributed by atoms with Crippen LogP contribution in [0.1, 0.15) is 16.8 Å². The molecule has 0 radical (unpaired) electrons. The highest BCUT2D eigenvalue weighted by atomic mass is 35.5. The van der Waals surface area contributed by atoms with E-state index >= 15 is 0 Å². The van der Waals surface area contributed by atoms with Crippen LogP contribution in [0.5, 0.6) is 0 Å². The lowest BCUT2D eigenvalue weighted by Crippen LogP contribution is -2.32. The molecule has 2 heterocycles. The van der Waals surface area contributed by atoms with E-state index in [1.54, 1.807) is 12.3 Å². The zero-order chi connectivity index (χ0) is 14.1. The van der Waals surface area contributed by atoms with Gasteiger partial charge >= 0.3 is 0 Å². The summed E-state index contributed by atoms with van der Waals surface area (Å²) in [6.07, 6.45) is 3.93. The first-order valence-electron chi connectivity index (χ1n) is 6.12.